The summed E-state index contributed by atoms with van der Waals surface area (Å²) in [6, 6.07) is 5.31. The molecule has 1 aromatic rings. The average molecular weight is 269 g/mol. The monoisotopic (exact) mass is 269 g/mol. The fourth-order valence-corrected chi connectivity index (χ4v) is 1.95. The van der Waals surface area contributed by atoms with Gasteiger partial charge >= 0.3 is 0 Å². The number of amides is 1. The number of rotatable bonds is 5. The van der Waals surface area contributed by atoms with E-state index in [2.05, 4.69) is 4.74 Å². The fourth-order valence-electron chi connectivity index (χ4n) is 1.20. The molecule has 0 heterocycles. The zero-order valence-corrected chi connectivity index (χ0v) is 11.3. The third-order valence-corrected chi connectivity index (χ3v) is 3.21. The summed E-state index contributed by atoms with van der Waals surface area (Å²) in [4.78, 5) is 23.9. The molecule has 18 heavy (non-hydrogen) atoms. The SMILES string of the molecule is COc1cc(COC=O)ccc1SC(=O)N(C)C. The summed E-state index contributed by atoms with van der Waals surface area (Å²) < 4.78 is 9.87. The summed E-state index contributed by atoms with van der Waals surface area (Å²) in [7, 11) is 4.91. The quantitative estimate of drug-likeness (QED) is 0.605. The van der Waals surface area contributed by atoms with Crippen molar-refractivity contribution >= 4 is 23.5 Å². The molecule has 1 rings (SSSR count). The van der Waals surface area contributed by atoms with Crippen molar-refractivity contribution in [2.45, 2.75) is 11.5 Å². The van der Waals surface area contributed by atoms with Crippen LogP contribution in [0.3, 0.4) is 0 Å². The van der Waals surface area contributed by atoms with Crippen LogP contribution in [0.1, 0.15) is 5.56 Å². The maximum Gasteiger partial charge on any atom is 0.293 e. The molecule has 0 radical (unpaired) electrons. The van der Waals surface area contributed by atoms with E-state index in [0.29, 0.717) is 12.2 Å². The molecule has 0 atom stereocenters. The second kappa shape index (κ2) is 6.90. The summed E-state index contributed by atoms with van der Waals surface area (Å²) in [6.07, 6.45) is 0. The lowest BCUT2D eigenvalue weighted by atomic mass is 10.2. The Morgan fingerprint density at radius 3 is 2.72 bits per heavy atom. The van der Waals surface area contributed by atoms with E-state index in [4.69, 9.17) is 4.74 Å². The number of methoxy groups -OCH3 is 1. The molecule has 1 amide bonds. The van der Waals surface area contributed by atoms with Gasteiger partial charge in [-0.3, -0.25) is 9.59 Å². The van der Waals surface area contributed by atoms with Gasteiger partial charge in [-0.25, -0.2) is 0 Å². The van der Waals surface area contributed by atoms with E-state index in [-0.39, 0.29) is 11.8 Å². The first-order valence-corrected chi connectivity index (χ1v) is 6.01. The highest BCUT2D eigenvalue weighted by Gasteiger charge is 2.12. The first-order valence-electron chi connectivity index (χ1n) is 5.19. The molecule has 0 saturated carbocycles. The van der Waals surface area contributed by atoms with Gasteiger partial charge in [-0.05, 0) is 29.5 Å². The minimum absolute atomic E-state index is 0.0785. The standard InChI is InChI=1S/C12H15NO4S/c1-13(2)12(15)18-11-5-4-9(7-17-8-14)6-10(11)16-3/h4-6,8H,7H2,1-3H3. The molecule has 0 aliphatic carbocycles. The van der Waals surface area contributed by atoms with Gasteiger partial charge in [0.1, 0.15) is 12.4 Å². The smallest absolute Gasteiger partial charge is 0.293 e. The molecule has 0 N–H and O–H groups in total. The highest BCUT2D eigenvalue weighted by Crippen LogP contribution is 2.31. The van der Waals surface area contributed by atoms with Gasteiger partial charge in [0, 0.05) is 14.1 Å². The maximum atomic E-state index is 11.6. The summed E-state index contributed by atoms with van der Waals surface area (Å²) >= 11 is 1.09. The first-order chi connectivity index (χ1) is 8.58. The van der Waals surface area contributed by atoms with Crippen molar-refractivity contribution in [3.05, 3.63) is 23.8 Å². The van der Waals surface area contributed by atoms with Crippen molar-refractivity contribution < 1.29 is 19.1 Å². The Kier molecular flexibility index (Phi) is 5.51. The van der Waals surface area contributed by atoms with Crippen LogP contribution in [0.2, 0.25) is 0 Å². The van der Waals surface area contributed by atoms with E-state index in [0.717, 1.165) is 22.2 Å². The number of hydrogen-bond acceptors (Lipinski definition) is 5. The van der Waals surface area contributed by atoms with Gasteiger partial charge in [-0.1, -0.05) is 6.07 Å². The van der Waals surface area contributed by atoms with Crippen LogP contribution in [0.15, 0.2) is 23.1 Å². The molecular weight excluding hydrogens is 254 g/mol. The average Bonchev–Trinajstić information content (AvgIpc) is 2.37. The Morgan fingerprint density at radius 1 is 1.44 bits per heavy atom. The predicted molar refractivity (Wildman–Crippen MR) is 68.8 cm³/mol. The Labute approximate surface area is 110 Å². The lowest BCUT2D eigenvalue weighted by Gasteiger charge is -2.12. The topological polar surface area (TPSA) is 55.8 Å². The van der Waals surface area contributed by atoms with Gasteiger partial charge in [-0.15, -0.1) is 0 Å². The third-order valence-electron chi connectivity index (χ3n) is 2.11. The van der Waals surface area contributed by atoms with Gasteiger partial charge in [0.25, 0.3) is 11.7 Å². The Balaban J connectivity index is 2.86. The Hall–Kier alpha value is -1.69. The van der Waals surface area contributed by atoms with Crippen molar-refractivity contribution in [2.75, 3.05) is 21.2 Å². The number of ether oxygens (including phenoxy) is 2. The molecule has 5 nitrogen and oxygen atoms in total. The number of carbonyl (C=O) groups is 2. The van der Waals surface area contributed by atoms with Gasteiger partial charge in [0.2, 0.25) is 0 Å². The molecule has 0 aliphatic rings. The van der Waals surface area contributed by atoms with E-state index in [1.54, 1.807) is 32.3 Å². The number of benzene rings is 1. The highest BCUT2D eigenvalue weighted by atomic mass is 32.2. The summed E-state index contributed by atoms with van der Waals surface area (Å²) in [5, 5.41) is -0.0785. The molecular formula is C12H15NO4S. The van der Waals surface area contributed by atoms with Crippen LogP contribution in [0.4, 0.5) is 4.79 Å². The largest absolute Gasteiger partial charge is 0.496 e. The molecule has 0 spiro atoms. The van der Waals surface area contributed by atoms with Crippen molar-refractivity contribution in [3.8, 4) is 5.75 Å². The number of hydrogen-bond donors (Lipinski definition) is 0. The lowest BCUT2D eigenvalue weighted by molar-refractivity contribution is -0.129. The maximum absolute atomic E-state index is 11.6. The highest BCUT2D eigenvalue weighted by molar-refractivity contribution is 8.13. The zero-order chi connectivity index (χ0) is 13.5. The lowest BCUT2D eigenvalue weighted by Crippen LogP contribution is -2.16. The second-order valence-electron chi connectivity index (χ2n) is 3.65. The van der Waals surface area contributed by atoms with E-state index in [9.17, 15) is 9.59 Å². The molecule has 1 aromatic carbocycles. The zero-order valence-electron chi connectivity index (χ0n) is 10.5. The van der Waals surface area contributed by atoms with E-state index >= 15 is 0 Å². The van der Waals surface area contributed by atoms with Crippen molar-refractivity contribution in [1.29, 1.82) is 0 Å². The van der Waals surface area contributed by atoms with E-state index in [1.165, 1.54) is 12.0 Å². The normalized spacial score (nSPS) is 9.72. The second-order valence-corrected chi connectivity index (χ2v) is 4.65. The molecule has 0 bridgehead atoms. The van der Waals surface area contributed by atoms with Crippen molar-refractivity contribution in [3.63, 3.8) is 0 Å². The molecule has 0 unspecified atom stereocenters. The summed E-state index contributed by atoms with van der Waals surface area (Å²) in [5.74, 6) is 0.585. The van der Waals surface area contributed by atoms with E-state index < -0.39 is 0 Å². The molecule has 0 aromatic heterocycles. The molecule has 0 aliphatic heterocycles. The van der Waals surface area contributed by atoms with Crippen LogP contribution >= 0.6 is 11.8 Å². The number of carbonyl (C=O) groups excluding carboxylic acids is 2. The van der Waals surface area contributed by atoms with Crippen LogP contribution in [0.5, 0.6) is 5.75 Å². The van der Waals surface area contributed by atoms with Crippen LogP contribution in [0, 0.1) is 0 Å². The van der Waals surface area contributed by atoms with Gasteiger partial charge in [0.05, 0.1) is 12.0 Å². The first kappa shape index (κ1) is 14.4. The third kappa shape index (κ3) is 3.96. The molecule has 0 saturated heterocycles. The predicted octanol–water partition coefficient (Wildman–Crippen LogP) is 2.14. The number of nitrogens with zero attached hydrogens (tertiary/aromatic N) is 1. The summed E-state index contributed by atoms with van der Waals surface area (Å²) in [6.45, 7) is 0.580. The van der Waals surface area contributed by atoms with Crippen LogP contribution in [0.25, 0.3) is 0 Å². The van der Waals surface area contributed by atoms with Crippen molar-refractivity contribution in [2.24, 2.45) is 0 Å². The Morgan fingerprint density at radius 2 is 2.17 bits per heavy atom. The fraction of sp³-hybridized carbons (Fsp3) is 0.333. The van der Waals surface area contributed by atoms with E-state index in [1.807, 2.05) is 0 Å². The van der Waals surface area contributed by atoms with Crippen LogP contribution < -0.4 is 4.74 Å². The minimum Gasteiger partial charge on any atom is -0.496 e. The molecule has 0 fully saturated rings. The Bertz CT molecular complexity index is 434. The number of thioether (sulfide) groups is 1. The molecule has 98 valence electrons. The van der Waals surface area contributed by atoms with Crippen LogP contribution in [-0.2, 0) is 16.1 Å². The molecule has 6 heteroatoms. The van der Waals surface area contributed by atoms with Crippen molar-refractivity contribution in [1.82, 2.24) is 4.90 Å². The summed E-state index contributed by atoms with van der Waals surface area (Å²) in [5.41, 5.74) is 0.806. The van der Waals surface area contributed by atoms with Gasteiger partial charge in [0.15, 0.2) is 0 Å². The van der Waals surface area contributed by atoms with Gasteiger partial charge < -0.3 is 14.4 Å². The van der Waals surface area contributed by atoms with Gasteiger partial charge in [-0.2, -0.15) is 0 Å². The minimum atomic E-state index is -0.0785. The van der Waals surface area contributed by atoms with Crippen LogP contribution in [-0.4, -0.2) is 37.8 Å².